The second-order valence-corrected chi connectivity index (χ2v) is 6.08. The Morgan fingerprint density at radius 2 is 1.91 bits per heavy atom. The van der Waals surface area contributed by atoms with Crippen molar-refractivity contribution in [1.29, 1.82) is 0 Å². The van der Waals surface area contributed by atoms with Gasteiger partial charge in [0.1, 0.15) is 0 Å². The van der Waals surface area contributed by atoms with E-state index in [9.17, 15) is 0 Å². The maximum atomic E-state index is 4.37. The van der Waals surface area contributed by atoms with Gasteiger partial charge in [0.25, 0.3) is 0 Å². The van der Waals surface area contributed by atoms with Crippen LogP contribution in [0.15, 0.2) is 59.9 Å². The second-order valence-electron chi connectivity index (χ2n) is 5.14. The summed E-state index contributed by atoms with van der Waals surface area (Å²) >= 11 is 1.66. The molecule has 0 N–H and O–H groups in total. The monoisotopic (exact) mass is 306 g/mol. The van der Waals surface area contributed by atoms with Gasteiger partial charge in [-0.1, -0.05) is 36.0 Å². The largest absolute Gasteiger partial charge is 0.270 e. The lowest BCUT2D eigenvalue weighted by Crippen LogP contribution is -1.94. The average Bonchev–Trinajstić information content (AvgIpc) is 2.99. The van der Waals surface area contributed by atoms with Crippen molar-refractivity contribution in [2.45, 2.75) is 17.8 Å². The summed E-state index contributed by atoms with van der Waals surface area (Å²) in [6.07, 6.45) is 1.82. The summed E-state index contributed by atoms with van der Waals surface area (Å²) in [7, 11) is 0. The lowest BCUT2D eigenvalue weighted by Gasteiger charge is -2.06. The molecule has 1 aromatic carbocycles. The lowest BCUT2D eigenvalue weighted by molar-refractivity contribution is 0.938. The minimum Gasteiger partial charge on any atom is -0.270 e. The van der Waals surface area contributed by atoms with E-state index in [0.29, 0.717) is 0 Å². The Bertz CT molecular complexity index is 947. The molecule has 0 radical (unpaired) electrons. The van der Waals surface area contributed by atoms with Gasteiger partial charge >= 0.3 is 0 Å². The summed E-state index contributed by atoms with van der Waals surface area (Å²) in [5, 5.41) is 10.8. The molecule has 0 aliphatic heterocycles. The minimum atomic E-state index is 0.782. The molecule has 3 heterocycles. The van der Waals surface area contributed by atoms with Gasteiger partial charge in [-0.3, -0.25) is 9.38 Å². The summed E-state index contributed by atoms with van der Waals surface area (Å²) < 4.78 is 2.14. The maximum absolute atomic E-state index is 4.37. The van der Waals surface area contributed by atoms with Gasteiger partial charge in [-0.05, 0) is 42.1 Å². The van der Waals surface area contributed by atoms with E-state index in [4.69, 9.17) is 0 Å². The van der Waals surface area contributed by atoms with Gasteiger partial charge in [-0.15, -0.1) is 10.2 Å². The highest BCUT2D eigenvalue weighted by atomic mass is 32.2. The zero-order valence-corrected chi connectivity index (χ0v) is 12.9. The van der Waals surface area contributed by atoms with Gasteiger partial charge in [0.15, 0.2) is 10.8 Å². The van der Waals surface area contributed by atoms with E-state index in [2.05, 4.69) is 50.8 Å². The van der Waals surface area contributed by atoms with Crippen molar-refractivity contribution in [2.24, 2.45) is 0 Å². The zero-order valence-electron chi connectivity index (χ0n) is 12.1. The summed E-state index contributed by atoms with van der Waals surface area (Å²) in [5.74, 6) is 0.782. The Labute approximate surface area is 132 Å². The maximum Gasteiger partial charge on any atom is 0.196 e. The smallest absolute Gasteiger partial charge is 0.196 e. The third-order valence-electron chi connectivity index (χ3n) is 3.61. The topological polar surface area (TPSA) is 43.1 Å². The fourth-order valence-corrected chi connectivity index (χ4v) is 3.43. The molecule has 0 saturated carbocycles. The number of pyridine rings is 2. The van der Waals surface area contributed by atoms with E-state index >= 15 is 0 Å². The van der Waals surface area contributed by atoms with Crippen LogP contribution in [0.25, 0.3) is 16.6 Å². The fraction of sp³-hybridized carbons (Fsp3) is 0.118. The Morgan fingerprint density at radius 3 is 2.77 bits per heavy atom. The fourth-order valence-electron chi connectivity index (χ4n) is 2.57. The van der Waals surface area contributed by atoms with Crippen LogP contribution in [-0.4, -0.2) is 19.6 Å². The molecule has 108 valence electrons. The molecule has 0 amide bonds. The molecule has 4 rings (SSSR count). The first-order chi connectivity index (χ1) is 10.8. The van der Waals surface area contributed by atoms with Crippen LogP contribution in [0.3, 0.4) is 0 Å². The number of aryl methyl sites for hydroxylation is 1. The molecule has 0 spiro atoms. The second kappa shape index (κ2) is 5.42. The van der Waals surface area contributed by atoms with E-state index < -0.39 is 0 Å². The highest BCUT2D eigenvalue weighted by Gasteiger charge is 2.12. The highest BCUT2D eigenvalue weighted by molar-refractivity contribution is 7.98. The first-order valence-electron chi connectivity index (χ1n) is 7.09. The zero-order chi connectivity index (χ0) is 14.9. The Balaban J connectivity index is 1.81. The van der Waals surface area contributed by atoms with E-state index in [1.807, 2.05) is 30.5 Å². The van der Waals surface area contributed by atoms with Gasteiger partial charge in [0.05, 0.1) is 11.2 Å². The summed E-state index contributed by atoms with van der Waals surface area (Å²) in [6, 6.07) is 16.4. The number of benzene rings is 1. The number of hydrogen-bond donors (Lipinski definition) is 0. The summed E-state index contributed by atoms with van der Waals surface area (Å²) in [5.41, 5.74) is 4.23. The predicted molar refractivity (Wildman–Crippen MR) is 89.0 cm³/mol. The molecule has 0 fully saturated rings. The van der Waals surface area contributed by atoms with Crippen LogP contribution in [0.5, 0.6) is 0 Å². The Hall–Kier alpha value is -2.40. The van der Waals surface area contributed by atoms with E-state index in [0.717, 1.165) is 33.3 Å². The van der Waals surface area contributed by atoms with Crippen LogP contribution in [0.4, 0.5) is 0 Å². The summed E-state index contributed by atoms with van der Waals surface area (Å²) in [6.45, 7) is 2.07. The Morgan fingerprint density at radius 1 is 1.05 bits per heavy atom. The van der Waals surface area contributed by atoms with Gasteiger partial charge in [-0.25, -0.2) is 0 Å². The molecule has 0 aliphatic carbocycles. The van der Waals surface area contributed by atoms with E-state index in [1.165, 1.54) is 5.39 Å². The average molecular weight is 306 g/mol. The number of thioether (sulfide) groups is 1. The first-order valence-corrected chi connectivity index (χ1v) is 8.08. The molecule has 5 heteroatoms. The molecule has 0 aliphatic rings. The third kappa shape index (κ3) is 2.23. The minimum absolute atomic E-state index is 0.782. The van der Waals surface area contributed by atoms with Crippen molar-refractivity contribution in [3.63, 3.8) is 0 Å². The number of para-hydroxylation sites is 1. The molecule has 0 unspecified atom stereocenters. The van der Waals surface area contributed by atoms with Crippen molar-refractivity contribution < 1.29 is 0 Å². The van der Waals surface area contributed by atoms with Crippen LogP contribution in [0, 0.1) is 6.92 Å². The van der Waals surface area contributed by atoms with Crippen LogP contribution >= 0.6 is 11.8 Å². The summed E-state index contributed by atoms with van der Waals surface area (Å²) in [4.78, 5) is 4.36. The van der Waals surface area contributed by atoms with Crippen LogP contribution in [0.2, 0.25) is 0 Å². The highest BCUT2D eigenvalue weighted by Crippen LogP contribution is 2.26. The van der Waals surface area contributed by atoms with Crippen LogP contribution in [-0.2, 0) is 5.75 Å². The molecule has 4 aromatic rings. The Kier molecular flexibility index (Phi) is 3.27. The molecular formula is C17H14N4S. The van der Waals surface area contributed by atoms with Gasteiger partial charge < -0.3 is 0 Å². The lowest BCUT2D eigenvalue weighted by atomic mass is 10.1. The van der Waals surface area contributed by atoms with Crippen molar-refractivity contribution in [3.8, 4) is 0 Å². The number of aromatic nitrogens is 4. The first kappa shape index (κ1) is 13.3. The quantitative estimate of drug-likeness (QED) is 0.539. The van der Waals surface area contributed by atoms with Crippen molar-refractivity contribution >= 4 is 28.3 Å². The van der Waals surface area contributed by atoms with Crippen molar-refractivity contribution in [2.75, 3.05) is 0 Å². The van der Waals surface area contributed by atoms with Crippen molar-refractivity contribution in [3.05, 3.63) is 66.0 Å². The third-order valence-corrected chi connectivity index (χ3v) is 4.57. The molecule has 0 atom stereocenters. The van der Waals surface area contributed by atoms with Gasteiger partial charge in [0, 0.05) is 11.9 Å². The normalized spacial score (nSPS) is 11.3. The molecule has 0 bridgehead atoms. The van der Waals surface area contributed by atoms with Gasteiger partial charge in [-0.2, -0.15) is 0 Å². The SMILES string of the molecule is Cc1cc2ccccc2n2c(SCc3ccccn3)nnc12. The molecule has 0 saturated heterocycles. The molecule has 22 heavy (non-hydrogen) atoms. The van der Waals surface area contributed by atoms with E-state index in [-0.39, 0.29) is 0 Å². The standard InChI is InChI=1S/C17H14N4S/c1-12-10-13-6-2-3-8-15(13)21-16(12)19-20-17(21)22-11-14-7-4-5-9-18-14/h2-10H,11H2,1H3. The number of nitrogens with zero attached hydrogens (tertiary/aromatic N) is 4. The molecular weight excluding hydrogens is 292 g/mol. The molecule has 4 nitrogen and oxygen atoms in total. The van der Waals surface area contributed by atoms with E-state index in [1.54, 1.807) is 11.8 Å². The number of rotatable bonds is 3. The van der Waals surface area contributed by atoms with Crippen LogP contribution < -0.4 is 0 Å². The number of fused-ring (bicyclic) bond motifs is 3. The molecule has 3 aromatic heterocycles. The van der Waals surface area contributed by atoms with Crippen molar-refractivity contribution in [1.82, 2.24) is 19.6 Å². The van der Waals surface area contributed by atoms with Gasteiger partial charge in [0.2, 0.25) is 0 Å². The predicted octanol–water partition coefficient (Wildman–Crippen LogP) is 3.88. The van der Waals surface area contributed by atoms with Crippen LogP contribution in [0.1, 0.15) is 11.3 Å². The number of hydrogen-bond acceptors (Lipinski definition) is 4.